The first-order chi connectivity index (χ1) is 14.1. The van der Waals surface area contributed by atoms with E-state index in [1.165, 1.54) is 32.1 Å². The van der Waals surface area contributed by atoms with Crippen LogP contribution in [0.25, 0.3) is 11.3 Å². The topological polar surface area (TPSA) is 52.5 Å². The van der Waals surface area contributed by atoms with Crippen molar-refractivity contribution >= 4 is 6.09 Å². The van der Waals surface area contributed by atoms with Crippen LogP contribution in [0.1, 0.15) is 57.6 Å². The van der Waals surface area contributed by atoms with Gasteiger partial charge in [-0.3, -0.25) is 0 Å². The van der Waals surface area contributed by atoms with Gasteiger partial charge >= 0.3 is 6.09 Å². The van der Waals surface area contributed by atoms with Crippen molar-refractivity contribution in [2.75, 3.05) is 13.7 Å². The predicted molar refractivity (Wildman–Crippen MR) is 117 cm³/mol. The van der Waals surface area contributed by atoms with Gasteiger partial charge in [0.2, 0.25) is 0 Å². The zero-order valence-electron chi connectivity index (χ0n) is 18.0. The van der Waals surface area contributed by atoms with Gasteiger partial charge in [-0.25, -0.2) is 4.79 Å². The molecule has 1 aliphatic carbocycles. The zero-order chi connectivity index (χ0) is 20.6. The molecule has 1 aromatic carbocycles. The summed E-state index contributed by atoms with van der Waals surface area (Å²) in [5.41, 5.74) is 3.20. The number of ether oxygens (including phenoxy) is 2. The highest BCUT2D eigenvalue weighted by Gasteiger charge is 2.21. The first kappa shape index (κ1) is 21.3. The van der Waals surface area contributed by atoms with Crippen molar-refractivity contribution in [3.8, 4) is 22.8 Å². The van der Waals surface area contributed by atoms with Gasteiger partial charge in [0.05, 0.1) is 18.5 Å². The monoisotopic (exact) mass is 398 g/mol. The summed E-state index contributed by atoms with van der Waals surface area (Å²) >= 11 is 0. The number of hydrogen-bond acceptors (Lipinski definition) is 3. The van der Waals surface area contributed by atoms with Gasteiger partial charge in [0.1, 0.15) is 5.75 Å². The molecule has 29 heavy (non-hydrogen) atoms. The van der Waals surface area contributed by atoms with Crippen molar-refractivity contribution in [3.05, 3.63) is 36.0 Å². The van der Waals surface area contributed by atoms with Gasteiger partial charge in [0, 0.05) is 19.2 Å². The maximum Gasteiger partial charge on any atom is 0.412 e. The van der Waals surface area contributed by atoms with Crippen molar-refractivity contribution in [1.29, 1.82) is 0 Å². The zero-order valence-corrected chi connectivity index (χ0v) is 18.0. The molecule has 2 aromatic rings. The second kappa shape index (κ2) is 10.4. The number of nitrogens with zero attached hydrogens (tertiary/aromatic N) is 1. The predicted octanol–water partition coefficient (Wildman–Crippen LogP) is 5.94. The fourth-order valence-electron chi connectivity index (χ4n) is 4.09. The highest BCUT2D eigenvalue weighted by molar-refractivity contribution is 5.73. The molecular weight excluding hydrogens is 364 g/mol. The minimum absolute atomic E-state index is 0.377. The number of carbonyl (C=O) groups excluding carboxylic acids is 1. The first-order valence-electron chi connectivity index (χ1n) is 10.9. The Labute approximate surface area is 174 Å². The molecule has 1 heterocycles. The van der Waals surface area contributed by atoms with E-state index in [4.69, 9.17) is 9.47 Å². The second-order valence-corrected chi connectivity index (χ2v) is 7.99. The third-order valence-electron chi connectivity index (χ3n) is 5.87. The lowest BCUT2D eigenvalue weighted by molar-refractivity contribution is 0.200. The number of hydrogen-bond donors (Lipinski definition) is 1. The maximum absolute atomic E-state index is 12.2. The molecule has 0 unspecified atom stereocenters. The Hall–Kier alpha value is -2.43. The summed E-state index contributed by atoms with van der Waals surface area (Å²) < 4.78 is 13.3. The number of amides is 1. The van der Waals surface area contributed by atoms with Crippen LogP contribution < -0.4 is 14.8 Å². The van der Waals surface area contributed by atoms with E-state index in [0.717, 1.165) is 42.1 Å². The fourth-order valence-corrected chi connectivity index (χ4v) is 4.09. The molecule has 0 radical (unpaired) electrons. The number of nitrogens with one attached hydrogen (secondary N) is 1. The molecule has 0 atom stereocenters. The number of methoxy groups -OCH3 is 1. The average Bonchev–Trinajstić information content (AvgIpc) is 3.04. The number of benzene rings is 1. The van der Waals surface area contributed by atoms with Gasteiger partial charge < -0.3 is 19.4 Å². The van der Waals surface area contributed by atoms with E-state index in [0.29, 0.717) is 18.2 Å². The molecule has 0 spiro atoms. The Morgan fingerprint density at radius 1 is 1.17 bits per heavy atom. The second-order valence-electron chi connectivity index (χ2n) is 7.99. The van der Waals surface area contributed by atoms with E-state index in [1.807, 2.05) is 25.1 Å². The average molecular weight is 399 g/mol. The third kappa shape index (κ3) is 5.55. The van der Waals surface area contributed by atoms with Gasteiger partial charge in [-0.05, 0) is 61.9 Å². The summed E-state index contributed by atoms with van der Waals surface area (Å²) in [6.45, 7) is 5.75. The van der Waals surface area contributed by atoms with Crippen molar-refractivity contribution < 1.29 is 14.3 Å². The Morgan fingerprint density at radius 2 is 1.90 bits per heavy atom. The van der Waals surface area contributed by atoms with Gasteiger partial charge in [0.25, 0.3) is 0 Å². The summed E-state index contributed by atoms with van der Waals surface area (Å²) in [6.07, 6.45) is 8.13. The molecule has 5 nitrogen and oxygen atoms in total. The van der Waals surface area contributed by atoms with E-state index in [-0.39, 0.29) is 6.09 Å². The first-order valence-corrected chi connectivity index (χ1v) is 10.9. The normalized spacial score (nSPS) is 14.6. The van der Waals surface area contributed by atoms with Crippen LogP contribution in [0.3, 0.4) is 0 Å². The highest BCUT2D eigenvalue weighted by atomic mass is 16.6. The Balaban J connectivity index is 1.85. The molecular formula is C24H34N2O3. The lowest BCUT2D eigenvalue weighted by Crippen LogP contribution is -2.27. The number of carbonyl (C=O) groups is 1. The maximum atomic E-state index is 12.2. The Morgan fingerprint density at radius 3 is 2.55 bits per heavy atom. The smallest absolute Gasteiger partial charge is 0.412 e. The van der Waals surface area contributed by atoms with E-state index in [2.05, 4.69) is 28.9 Å². The Kier molecular flexibility index (Phi) is 7.62. The van der Waals surface area contributed by atoms with Gasteiger partial charge in [-0.2, -0.15) is 0 Å². The van der Waals surface area contributed by atoms with Crippen molar-refractivity contribution in [2.45, 2.75) is 65.3 Å². The summed E-state index contributed by atoms with van der Waals surface area (Å²) in [7, 11) is 1.67. The van der Waals surface area contributed by atoms with E-state index >= 15 is 0 Å². The third-order valence-corrected chi connectivity index (χ3v) is 5.87. The quantitative estimate of drug-likeness (QED) is 0.560. The number of unbranched alkanes of at least 4 members (excludes halogenated alkanes) is 1. The van der Waals surface area contributed by atoms with Crippen molar-refractivity contribution in [1.82, 2.24) is 9.88 Å². The largest absolute Gasteiger partial charge is 0.497 e. The molecule has 1 N–H and O–H groups in total. The molecule has 1 amide bonds. The molecule has 0 aliphatic heterocycles. The van der Waals surface area contributed by atoms with Gasteiger partial charge in [-0.1, -0.05) is 32.6 Å². The van der Waals surface area contributed by atoms with Crippen LogP contribution in [-0.2, 0) is 6.54 Å². The number of aromatic nitrogens is 1. The van der Waals surface area contributed by atoms with E-state index in [9.17, 15) is 4.79 Å². The SMILES string of the molecule is CCCCNC(=O)Oc1cc(-c2ccc(OC)cc2)n(CC2CCCCC2)c1C. The van der Waals surface area contributed by atoms with Crippen molar-refractivity contribution in [2.24, 2.45) is 5.92 Å². The van der Waals surface area contributed by atoms with E-state index in [1.54, 1.807) is 7.11 Å². The molecule has 1 saturated carbocycles. The molecule has 158 valence electrons. The van der Waals surface area contributed by atoms with Crippen LogP contribution in [0.4, 0.5) is 4.79 Å². The standard InChI is InChI=1S/C24H34N2O3/c1-4-5-15-25-24(27)29-23-16-22(20-11-13-21(28-3)14-12-20)26(18(23)2)17-19-9-7-6-8-10-19/h11-14,16,19H,4-10,15,17H2,1-3H3,(H,25,27). The van der Waals surface area contributed by atoms with Crippen LogP contribution in [0, 0.1) is 12.8 Å². The highest BCUT2D eigenvalue weighted by Crippen LogP contribution is 2.34. The molecule has 5 heteroatoms. The van der Waals surface area contributed by atoms with Crippen LogP contribution in [0.15, 0.2) is 30.3 Å². The number of rotatable bonds is 8. The summed E-state index contributed by atoms with van der Waals surface area (Å²) in [5, 5.41) is 2.84. The lowest BCUT2D eigenvalue weighted by atomic mass is 9.89. The van der Waals surface area contributed by atoms with Crippen LogP contribution >= 0.6 is 0 Å². The summed E-state index contributed by atoms with van der Waals surface area (Å²) in [4.78, 5) is 12.2. The van der Waals surface area contributed by atoms with E-state index < -0.39 is 0 Å². The fraction of sp³-hybridized carbons (Fsp3) is 0.542. The van der Waals surface area contributed by atoms with Crippen LogP contribution in [0.2, 0.25) is 0 Å². The minimum atomic E-state index is -0.377. The molecule has 1 aromatic heterocycles. The van der Waals surface area contributed by atoms with Gasteiger partial charge in [0.15, 0.2) is 5.75 Å². The Bertz CT molecular complexity index is 789. The van der Waals surface area contributed by atoms with Crippen LogP contribution in [-0.4, -0.2) is 24.3 Å². The van der Waals surface area contributed by atoms with Crippen molar-refractivity contribution in [3.63, 3.8) is 0 Å². The van der Waals surface area contributed by atoms with Crippen LogP contribution in [0.5, 0.6) is 11.5 Å². The molecule has 0 bridgehead atoms. The summed E-state index contributed by atoms with van der Waals surface area (Å²) in [5.74, 6) is 2.15. The summed E-state index contributed by atoms with van der Waals surface area (Å²) in [6, 6.07) is 10.1. The molecule has 1 aliphatic rings. The van der Waals surface area contributed by atoms with Gasteiger partial charge in [-0.15, -0.1) is 0 Å². The molecule has 3 rings (SSSR count). The minimum Gasteiger partial charge on any atom is -0.497 e. The molecule has 1 fully saturated rings. The molecule has 0 saturated heterocycles. The lowest BCUT2D eigenvalue weighted by Gasteiger charge is -2.24.